The molecule has 14 heavy (non-hydrogen) atoms. The standard InChI is InChI=1S/C12H18BrN/c1-4-12(2,3)11(14)9-5-7-10(13)8-6-9/h5-8,11H,4,14H2,1-3H3. The second-order valence-corrected chi connectivity index (χ2v) is 5.29. The van der Waals surface area contributed by atoms with Gasteiger partial charge in [-0.05, 0) is 29.5 Å². The van der Waals surface area contributed by atoms with Crippen molar-refractivity contribution in [1.29, 1.82) is 0 Å². The maximum atomic E-state index is 6.22. The molecule has 1 aromatic rings. The van der Waals surface area contributed by atoms with Gasteiger partial charge >= 0.3 is 0 Å². The van der Waals surface area contributed by atoms with Gasteiger partial charge in [-0.25, -0.2) is 0 Å². The average molecular weight is 256 g/mol. The Balaban J connectivity index is 2.89. The lowest BCUT2D eigenvalue weighted by Gasteiger charge is -2.30. The van der Waals surface area contributed by atoms with Crippen LogP contribution in [0.3, 0.4) is 0 Å². The zero-order valence-corrected chi connectivity index (χ0v) is 10.6. The molecule has 0 spiro atoms. The van der Waals surface area contributed by atoms with Crippen LogP contribution in [0.15, 0.2) is 28.7 Å². The van der Waals surface area contributed by atoms with Gasteiger partial charge in [-0.1, -0.05) is 48.8 Å². The van der Waals surface area contributed by atoms with Crippen LogP contribution in [-0.2, 0) is 0 Å². The van der Waals surface area contributed by atoms with Crippen LogP contribution in [0.5, 0.6) is 0 Å². The van der Waals surface area contributed by atoms with Crippen LogP contribution < -0.4 is 5.73 Å². The van der Waals surface area contributed by atoms with E-state index < -0.39 is 0 Å². The summed E-state index contributed by atoms with van der Waals surface area (Å²) in [4.78, 5) is 0. The minimum atomic E-state index is 0.112. The van der Waals surface area contributed by atoms with Gasteiger partial charge in [-0.3, -0.25) is 0 Å². The summed E-state index contributed by atoms with van der Waals surface area (Å²) in [5.41, 5.74) is 7.59. The van der Waals surface area contributed by atoms with Crippen molar-refractivity contribution in [2.45, 2.75) is 33.2 Å². The molecule has 1 atom stereocenters. The summed E-state index contributed by atoms with van der Waals surface area (Å²) in [6.45, 7) is 6.60. The van der Waals surface area contributed by atoms with Crippen LogP contribution in [0.25, 0.3) is 0 Å². The molecule has 0 radical (unpaired) electrons. The predicted molar refractivity (Wildman–Crippen MR) is 65.1 cm³/mol. The van der Waals surface area contributed by atoms with Crippen LogP contribution in [0, 0.1) is 5.41 Å². The minimum absolute atomic E-state index is 0.112. The van der Waals surface area contributed by atoms with E-state index in [1.807, 2.05) is 12.1 Å². The van der Waals surface area contributed by atoms with Crippen molar-refractivity contribution in [1.82, 2.24) is 0 Å². The number of halogens is 1. The maximum Gasteiger partial charge on any atom is 0.0346 e. The molecule has 0 saturated heterocycles. The second-order valence-electron chi connectivity index (χ2n) is 4.37. The van der Waals surface area contributed by atoms with E-state index in [1.54, 1.807) is 0 Å². The molecule has 0 aliphatic rings. The van der Waals surface area contributed by atoms with Gasteiger partial charge in [0.05, 0.1) is 0 Å². The fourth-order valence-electron chi connectivity index (χ4n) is 1.34. The normalized spacial score (nSPS) is 14.1. The lowest BCUT2D eigenvalue weighted by molar-refractivity contribution is 0.278. The highest BCUT2D eigenvalue weighted by atomic mass is 79.9. The summed E-state index contributed by atoms with van der Waals surface area (Å²) in [5.74, 6) is 0. The van der Waals surface area contributed by atoms with E-state index in [0.29, 0.717) is 0 Å². The lowest BCUT2D eigenvalue weighted by atomic mass is 9.79. The number of rotatable bonds is 3. The van der Waals surface area contributed by atoms with Crippen molar-refractivity contribution < 1.29 is 0 Å². The van der Waals surface area contributed by atoms with Crippen molar-refractivity contribution in [3.05, 3.63) is 34.3 Å². The van der Waals surface area contributed by atoms with Crippen LogP contribution in [0.2, 0.25) is 0 Å². The summed E-state index contributed by atoms with van der Waals surface area (Å²) >= 11 is 3.42. The van der Waals surface area contributed by atoms with E-state index >= 15 is 0 Å². The van der Waals surface area contributed by atoms with Gasteiger partial charge in [0, 0.05) is 10.5 Å². The van der Waals surface area contributed by atoms with Crippen molar-refractivity contribution in [2.24, 2.45) is 11.1 Å². The Kier molecular flexibility index (Phi) is 3.73. The predicted octanol–water partition coefficient (Wildman–Crippen LogP) is 3.89. The smallest absolute Gasteiger partial charge is 0.0346 e. The van der Waals surface area contributed by atoms with Crippen molar-refractivity contribution in [3.63, 3.8) is 0 Å². The van der Waals surface area contributed by atoms with Crippen molar-refractivity contribution >= 4 is 15.9 Å². The first-order valence-corrected chi connectivity index (χ1v) is 5.77. The fourth-order valence-corrected chi connectivity index (χ4v) is 1.61. The minimum Gasteiger partial charge on any atom is -0.324 e. The van der Waals surface area contributed by atoms with E-state index in [-0.39, 0.29) is 11.5 Å². The molecule has 1 unspecified atom stereocenters. The first kappa shape index (κ1) is 11.7. The Morgan fingerprint density at radius 2 is 1.79 bits per heavy atom. The summed E-state index contributed by atoms with van der Waals surface area (Å²) < 4.78 is 1.10. The highest BCUT2D eigenvalue weighted by Crippen LogP contribution is 2.34. The van der Waals surface area contributed by atoms with E-state index in [4.69, 9.17) is 5.73 Å². The number of nitrogens with two attached hydrogens (primary N) is 1. The van der Waals surface area contributed by atoms with Gasteiger partial charge in [-0.2, -0.15) is 0 Å². The molecule has 0 bridgehead atoms. The molecule has 1 rings (SSSR count). The zero-order chi connectivity index (χ0) is 10.8. The average Bonchev–Trinajstić information content (AvgIpc) is 2.18. The summed E-state index contributed by atoms with van der Waals surface area (Å²) in [6.07, 6.45) is 1.09. The monoisotopic (exact) mass is 255 g/mol. The zero-order valence-electron chi connectivity index (χ0n) is 9.05. The van der Waals surface area contributed by atoms with Gasteiger partial charge in [0.15, 0.2) is 0 Å². The van der Waals surface area contributed by atoms with Gasteiger partial charge in [0.1, 0.15) is 0 Å². The van der Waals surface area contributed by atoms with Gasteiger partial charge in [0.25, 0.3) is 0 Å². The largest absolute Gasteiger partial charge is 0.324 e. The third kappa shape index (κ3) is 2.58. The molecule has 2 N–H and O–H groups in total. The van der Waals surface area contributed by atoms with Crippen LogP contribution in [0.4, 0.5) is 0 Å². The molecule has 0 aromatic heterocycles. The maximum absolute atomic E-state index is 6.22. The molecule has 0 aliphatic carbocycles. The number of benzene rings is 1. The first-order chi connectivity index (χ1) is 6.47. The van der Waals surface area contributed by atoms with Gasteiger partial charge < -0.3 is 5.73 Å². The molecule has 0 aliphatic heterocycles. The molecule has 78 valence electrons. The Morgan fingerprint density at radius 3 is 2.21 bits per heavy atom. The van der Waals surface area contributed by atoms with Crippen LogP contribution in [0.1, 0.15) is 38.8 Å². The Morgan fingerprint density at radius 1 is 1.29 bits per heavy atom. The van der Waals surface area contributed by atoms with Crippen molar-refractivity contribution in [3.8, 4) is 0 Å². The van der Waals surface area contributed by atoms with E-state index in [9.17, 15) is 0 Å². The molecule has 1 aromatic carbocycles. The summed E-state index contributed by atoms with van der Waals surface area (Å²) in [6, 6.07) is 8.38. The lowest BCUT2D eigenvalue weighted by Crippen LogP contribution is -2.28. The topological polar surface area (TPSA) is 26.0 Å². The number of hydrogen-bond acceptors (Lipinski definition) is 1. The fraction of sp³-hybridized carbons (Fsp3) is 0.500. The molecule has 1 nitrogen and oxygen atoms in total. The second kappa shape index (κ2) is 4.45. The van der Waals surface area contributed by atoms with Gasteiger partial charge in [0.2, 0.25) is 0 Å². The third-order valence-corrected chi connectivity index (χ3v) is 3.51. The molecular formula is C12H18BrN. The summed E-state index contributed by atoms with van der Waals surface area (Å²) in [7, 11) is 0. The Hall–Kier alpha value is -0.340. The Bertz CT molecular complexity index is 290. The number of hydrogen-bond donors (Lipinski definition) is 1. The molecular weight excluding hydrogens is 238 g/mol. The van der Waals surface area contributed by atoms with E-state index in [1.165, 1.54) is 5.56 Å². The van der Waals surface area contributed by atoms with E-state index in [0.717, 1.165) is 10.9 Å². The first-order valence-electron chi connectivity index (χ1n) is 4.98. The third-order valence-electron chi connectivity index (χ3n) is 2.98. The molecule has 0 amide bonds. The molecule has 2 heteroatoms. The molecule has 0 heterocycles. The Labute approximate surface area is 94.8 Å². The van der Waals surface area contributed by atoms with Gasteiger partial charge in [-0.15, -0.1) is 0 Å². The molecule has 0 saturated carbocycles. The highest BCUT2D eigenvalue weighted by Gasteiger charge is 2.25. The quantitative estimate of drug-likeness (QED) is 0.872. The van der Waals surface area contributed by atoms with Crippen LogP contribution in [-0.4, -0.2) is 0 Å². The van der Waals surface area contributed by atoms with E-state index in [2.05, 4.69) is 48.8 Å². The summed E-state index contributed by atoms with van der Waals surface area (Å²) in [5, 5.41) is 0. The molecule has 0 fully saturated rings. The van der Waals surface area contributed by atoms with Crippen LogP contribution >= 0.6 is 15.9 Å². The highest BCUT2D eigenvalue weighted by molar-refractivity contribution is 9.10. The SMILES string of the molecule is CCC(C)(C)C(N)c1ccc(Br)cc1. The van der Waals surface area contributed by atoms with Crippen molar-refractivity contribution in [2.75, 3.05) is 0 Å².